The van der Waals surface area contributed by atoms with Crippen molar-refractivity contribution in [2.45, 2.75) is 32.1 Å². The SMILES string of the molecule is NCC[C@H](NCCc1nc(C(=O)OCc2ccccc2)cc2c1[nH]c1ccccc12)C(=O)OCc1ccccc1. The molecule has 0 aliphatic heterocycles. The Morgan fingerprint density at radius 2 is 1.50 bits per heavy atom. The highest BCUT2D eigenvalue weighted by molar-refractivity contribution is 6.09. The number of nitrogens with two attached hydrogens (primary N) is 1. The molecule has 0 aliphatic carbocycles. The molecule has 40 heavy (non-hydrogen) atoms. The number of nitrogens with zero attached hydrogens (tertiary/aromatic N) is 1. The van der Waals surface area contributed by atoms with Crippen LogP contribution >= 0.6 is 0 Å². The first kappa shape index (κ1) is 27.1. The standard InChI is InChI=1S/C32H32N4O4/c33-17-15-28(31(37)39-20-22-9-3-1-4-10-22)34-18-16-27-30-25(24-13-7-8-14-26(24)36-30)19-29(35-27)32(38)40-21-23-11-5-2-6-12-23/h1-14,19,28,34,36H,15-18,20-21,33H2/t28-/m0/s1. The van der Waals surface area contributed by atoms with Crippen molar-refractivity contribution in [2.75, 3.05) is 13.1 Å². The van der Waals surface area contributed by atoms with Gasteiger partial charge in [-0.3, -0.25) is 4.79 Å². The fraction of sp³-hybridized carbons (Fsp3) is 0.219. The molecular formula is C32H32N4O4. The summed E-state index contributed by atoms with van der Waals surface area (Å²) in [5.74, 6) is -0.841. The number of aromatic nitrogens is 2. The molecule has 2 heterocycles. The fourth-order valence-corrected chi connectivity index (χ4v) is 4.66. The van der Waals surface area contributed by atoms with E-state index in [2.05, 4.69) is 15.3 Å². The van der Waals surface area contributed by atoms with Gasteiger partial charge in [0.25, 0.3) is 0 Å². The third-order valence-electron chi connectivity index (χ3n) is 6.71. The number of nitrogens with one attached hydrogen (secondary N) is 2. The Hall–Kier alpha value is -4.53. The van der Waals surface area contributed by atoms with E-state index in [9.17, 15) is 9.59 Å². The van der Waals surface area contributed by atoms with E-state index in [1.54, 1.807) is 6.07 Å². The number of hydrogen-bond acceptors (Lipinski definition) is 7. The maximum atomic E-state index is 13.0. The highest BCUT2D eigenvalue weighted by Gasteiger charge is 2.21. The molecule has 1 atom stereocenters. The van der Waals surface area contributed by atoms with Crippen molar-refractivity contribution in [3.05, 3.63) is 114 Å². The highest BCUT2D eigenvalue weighted by Crippen LogP contribution is 2.28. The van der Waals surface area contributed by atoms with E-state index in [-0.39, 0.29) is 24.9 Å². The molecule has 0 amide bonds. The molecule has 2 aromatic heterocycles. The lowest BCUT2D eigenvalue weighted by molar-refractivity contribution is -0.147. The van der Waals surface area contributed by atoms with E-state index in [1.807, 2.05) is 84.9 Å². The van der Waals surface area contributed by atoms with Gasteiger partial charge in [0, 0.05) is 29.3 Å². The van der Waals surface area contributed by atoms with Crippen LogP contribution in [0.25, 0.3) is 21.8 Å². The average Bonchev–Trinajstić information content (AvgIpc) is 3.38. The number of hydrogen-bond donors (Lipinski definition) is 3. The number of benzene rings is 3. The first-order valence-electron chi connectivity index (χ1n) is 13.4. The summed E-state index contributed by atoms with van der Waals surface area (Å²) >= 11 is 0. The third-order valence-corrected chi connectivity index (χ3v) is 6.71. The van der Waals surface area contributed by atoms with E-state index in [0.29, 0.717) is 31.6 Å². The Labute approximate surface area is 232 Å². The predicted octanol–water partition coefficient (Wildman–Crippen LogP) is 4.67. The van der Waals surface area contributed by atoms with Gasteiger partial charge in [-0.05, 0) is 36.2 Å². The van der Waals surface area contributed by atoms with Gasteiger partial charge in [0.05, 0.1) is 11.2 Å². The van der Waals surface area contributed by atoms with Crippen molar-refractivity contribution < 1.29 is 19.1 Å². The van der Waals surface area contributed by atoms with Crippen LogP contribution in [0.1, 0.15) is 33.7 Å². The molecule has 5 aromatic rings. The van der Waals surface area contributed by atoms with Crippen molar-refractivity contribution >= 4 is 33.7 Å². The second-order valence-corrected chi connectivity index (χ2v) is 9.54. The monoisotopic (exact) mass is 536 g/mol. The number of ether oxygens (including phenoxy) is 2. The summed E-state index contributed by atoms with van der Waals surface area (Å²) in [5, 5.41) is 5.17. The van der Waals surface area contributed by atoms with Crippen molar-refractivity contribution in [3.8, 4) is 0 Å². The number of carbonyl (C=O) groups is 2. The molecule has 0 saturated heterocycles. The second kappa shape index (κ2) is 13.0. The van der Waals surface area contributed by atoms with Crippen LogP contribution in [0.15, 0.2) is 91.0 Å². The fourth-order valence-electron chi connectivity index (χ4n) is 4.66. The van der Waals surface area contributed by atoms with E-state index in [1.165, 1.54) is 0 Å². The van der Waals surface area contributed by atoms with E-state index in [4.69, 9.17) is 15.2 Å². The zero-order valence-corrected chi connectivity index (χ0v) is 22.1. The molecule has 8 heteroatoms. The van der Waals surface area contributed by atoms with Gasteiger partial charge in [0.15, 0.2) is 0 Å². The lowest BCUT2D eigenvalue weighted by Crippen LogP contribution is -2.40. The summed E-state index contributed by atoms with van der Waals surface area (Å²) in [6, 6.07) is 28.2. The predicted molar refractivity (Wildman–Crippen MR) is 155 cm³/mol. The van der Waals surface area contributed by atoms with Gasteiger partial charge in [-0.15, -0.1) is 0 Å². The Morgan fingerprint density at radius 1 is 0.850 bits per heavy atom. The molecule has 0 bridgehead atoms. The summed E-state index contributed by atoms with van der Waals surface area (Å²) < 4.78 is 11.1. The van der Waals surface area contributed by atoms with Crippen molar-refractivity contribution in [3.63, 3.8) is 0 Å². The zero-order valence-electron chi connectivity index (χ0n) is 22.1. The minimum Gasteiger partial charge on any atom is -0.460 e. The number of esters is 2. The molecule has 0 unspecified atom stereocenters. The molecular weight excluding hydrogens is 504 g/mol. The number of rotatable bonds is 12. The molecule has 5 rings (SSSR count). The largest absolute Gasteiger partial charge is 0.460 e. The summed E-state index contributed by atoms with van der Waals surface area (Å²) in [4.78, 5) is 33.9. The van der Waals surface area contributed by atoms with Crippen molar-refractivity contribution in [2.24, 2.45) is 5.73 Å². The number of pyridine rings is 1. The van der Waals surface area contributed by atoms with Crippen LogP contribution in [-0.2, 0) is 33.9 Å². The molecule has 0 aliphatic rings. The Morgan fingerprint density at radius 3 is 2.20 bits per heavy atom. The van der Waals surface area contributed by atoms with Gasteiger partial charge >= 0.3 is 11.9 Å². The number of aromatic amines is 1. The second-order valence-electron chi connectivity index (χ2n) is 9.54. The summed E-state index contributed by atoms with van der Waals surface area (Å²) in [6.45, 7) is 1.14. The number of H-pyrrole nitrogens is 1. The van der Waals surface area contributed by atoms with E-state index >= 15 is 0 Å². The molecule has 8 nitrogen and oxygen atoms in total. The van der Waals surface area contributed by atoms with E-state index in [0.717, 1.165) is 32.9 Å². The molecule has 3 aromatic carbocycles. The molecule has 204 valence electrons. The van der Waals surface area contributed by atoms with Crippen LogP contribution in [0.4, 0.5) is 0 Å². The zero-order chi connectivity index (χ0) is 27.7. The maximum absolute atomic E-state index is 13.0. The van der Waals surface area contributed by atoms with Crippen LogP contribution in [-0.4, -0.2) is 41.0 Å². The quantitative estimate of drug-likeness (QED) is 0.198. The van der Waals surface area contributed by atoms with Gasteiger partial charge in [-0.1, -0.05) is 78.9 Å². The van der Waals surface area contributed by atoms with E-state index < -0.39 is 12.0 Å². The van der Waals surface area contributed by atoms with Gasteiger partial charge < -0.3 is 25.5 Å². The normalized spacial score (nSPS) is 11.9. The Kier molecular flexibility index (Phi) is 8.80. The van der Waals surface area contributed by atoms with Gasteiger partial charge in [0.1, 0.15) is 24.9 Å². The summed E-state index contributed by atoms with van der Waals surface area (Å²) in [7, 11) is 0. The Bertz CT molecular complexity index is 1580. The van der Waals surface area contributed by atoms with Crippen LogP contribution in [0.5, 0.6) is 0 Å². The number of carbonyl (C=O) groups excluding carboxylic acids is 2. The van der Waals surface area contributed by atoms with Gasteiger partial charge in [-0.25, -0.2) is 9.78 Å². The number of fused-ring (bicyclic) bond motifs is 3. The maximum Gasteiger partial charge on any atom is 0.357 e. The smallest absolute Gasteiger partial charge is 0.357 e. The minimum absolute atomic E-state index is 0.163. The minimum atomic E-state index is -0.550. The lowest BCUT2D eigenvalue weighted by atomic mass is 10.1. The Balaban J connectivity index is 1.32. The van der Waals surface area contributed by atoms with Crippen LogP contribution in [0, 0.1) is 0 Å². The molecule has 0 saturated carbocycles. The molecule has 0 fully saturated rings. The molecule has 4 N–H and O–H groups in total. The first-order chi connectivity index (χ1) is 19.6. The van der Waals surface area contributed by atoms with Gasteiger partial charge in [-0.2, -0.15) is 0 Å². The summed E-state index contributed by atoms with van der Waals surface area (Å²) in [6.07, 6.45) is 0.908. The van der Waals surface area contributed by atoms with Crippen LogP contribution in [0.2, 0.25) is 0 Å². The van der Waals surface area contributed by atoms with Crippen LogP contribution in [0.3, 0.4) is 0 Å². The van der Waals surface area contributed by atoms with Crippen molar-refractivity contribution in [1.82, 2.24) is 15.3 Å². The molecule has 0 radical (unpaired) electrons. The average molecular weight is 537 g/mol. The lowest BCUT2D eigenvalue weighted by Gasteiger charge is -2.17. The highest BCUT2D eigenvalue weighted by atomic mass is 16.5. The topological polar surface area (TPSA) is 119 Å². The first-order valence-corrected chi connectivity index (χ1v) is 13.4. The van der Waals surface area contributed by atoms with Crippen LogP contribution < -0.4 is 11.1 Å². The summed E-state index contributed by atoms with van der Waals surface area (Å²) in [5.41, 5.74) is 10.4. The number of para-hydroxylation sites is 1. The third kappa shape index (κ3) is 6.54. The molecule has 0 spiro atoms. The van der Waals surface area contributed by atoms with Gasteiger partial charge in [0.2, 0.25) is 0 Å². The van der Waals surface area contributed by atoms with Crippen molar-refractivity contribution in [1.29, 1.82) is 0 Å².